The fraction of sp³-hybridized carbons (Fsp3) is 0.625. The van der Waals surface area contributed by atoms with E-state index in [0.717, 1.165) is 24.8 Å². The Morgan fingerprint density at radius 2 is 1.90 bits per heavy atom. The highest BCUT2D eigenvalue weighted by Gasteiger charge is 2.35. The number of hydrogen-bond donors (Lipinski definition) is 2. The number of halogens is 3. The summed E-state index contributed by atoms with van der Waals surface area (Å²) in [5.41, 5.74) is 1.01. The largest absolute Gasteiger partial charge is 0.492 e. The van der Waals surface area contributed by atoms with E-state index in [0.29, 0.717) is 24.1 Å². The number of piperidine rings is 1. The number of fused-ring (bicyclic) bond motifs is 1. The molecule has 31 heavy (non-hydrogen) atoms. The molecule has 2 aromatic rings. The summed E-state index contributed by atoms with van der Waals surface area (Å²) in [5, 5.41) is 3.50. The third-order valence-corrected chi connectivity index (χ3v) is 6.74. The molecule has 0 radical (unpaired) electrons. The standard InChI is InChI=1S/C19H22F3N3O.C5H10/c1-11-5-13(12-3-2-4-12)6-14(25-11)9-26-15-7-16(19(20,21)22)18-17(8-15)23-10-24-18;1-5-3-2-4-5/h3,7-8,10-11,13-14,25H,2,4-6,9H2,1H3,(H,23,24);5H,2-4H2,1H3. The summed E-state index contributed by atoms with van der Waals surface area (Å²) in [6, 6.07) is 3.14. The van der Waals surface area contributed by atoms with E-state index in [9.17, 15) is 13.2 Å². The van der Waals surface area contributed by atoms with E-state index in [1.807, 2.05) is 0 Å². The summed E-state index contributed by atoms with van der Waals surface area (Å²) in [6.07, 6.45) is 7.99. The van der Waals surface area contributed by atoms with Crippen LogP contribution < -0.4 is 10.1 Å². The highest BCUT2D eigenvalue weighted by Crippen LogP contribution is 2.37. The molecule has 3 atom stereocenters. The molecule has 1 saturated heterocycles. The minimum absolute atomic E-state index is 0.0775. The molecule has 2 heterocycles. The normalized spacial score (nSPS) is 26.4. The van der Waals surface area contributed by atoms with Gasteiger partial charge in [-0.15, -0.1) is 0 Å². The summed E-state index contributed by atoms with van der Waals surface area (Å²) in [5.74, 6) is 1.85. The van der Waals surface area contributed by atoms with Crippen LogP contribution in [-0.2, 0) is 6.18 Å². The molecule has 1 aromatic heterocycles. The number of imidazole rings is 1. The Morgan fingerprint density at radius 3 is 2.48 bits per heavy atom. The van der Waals surface area contributed by atoms with Crippen molar-refractivity contribution in [1.82, 2.24) is 15.3 Å². The van der Waals surface area contributed by atoms with Crippen molar-refractivity contribution in [2.45, 2.75) is 77.1 Å². The lowest BCUT2D eigenvalue weighted by Crippen LogP contribution is -2.47. The fourth-order valence-electron chi connectivity index (χ4n) is 4.64. The molecule has 2 aliphatic carbocycles. The summed E-state index contributed by atoms with van der Waals surface area (Å²) in [4.78, 5) is 6.52. The molecule has 2 N–H and O–H groups in total. The smallest absolute Gasteiger partial charge is 0.418 e. The van der Waals surface area contributed by atoms with Gasteiger partial charge in [0, 0.05) is 18.2 Å². The van der Waals surface area contributed by atoms with Crippen LogP contribution in [0.25, 0.3) is 11.0 Å². The van der Waals surface area contributed by atoms with E-state index >= 15 is 0 Å². The number of alkyl halides is 3. The predicted molar refractivity (Wildman–Crippen MR) is 116 cm³/mol. The van der Waals surface area contributed by atoms with Crippen molar-refractivity contribution in [3.8, 4) is 5.75 Å². The Kier molecular flexibility index (Phi) is 6.60. The van der Waals surface area contributed by atoms with Crippen LogP contribution in [0.3, 0.4) is 0 Å². The van der Waals surface area contributed by atoms with Crippen molar-refractivity contribution >= 4 is 11.0 Å². The van der Waals surface area contributed by atoms with Crippen LogP contribution in [0.1, 0.15) is 64.4 Å². The first-order valence-electron chi connectivity index (χ1n) is 11.4. The fourth-order valence-corrected chi connectivity index (χ4v) is 4.64. The van der Waals surface area contributed by atoms with Crippen molar-refractivity contribution in [3.05, 3.63) is 35.7 Å². The van der Waals surface area contributed by atoms with Gasteiger partial charge in [0.1, 0.15) is 17.9 Å². The second-order valence-electron chi connectivity index (χ2n) is 9.37. The molecular formula is C24H32F3N3O. The molecule has 170 valence electrons. The highest BCUT2D eigenvalue weighted by molar-refractivity contribution is 5.80. The number of hydrogen-bond acceptors (Lipinski definition) is 3. The van der Waals surface area contributed by atoms with Gasteiger partial charge in [-0.25, -0.2) is 4.98 Å². The number of ether oxygens (including phenoxy) is 1. The van der Waals surface area contributed by atoms with Gasteiger partial charge in [-0.2, -0.15) is 13.2 Å². The van der Waals surface area contributed by atoms with Gasteiger partial charge in [-0.3, -0.25) is 0 Å². The SMILES string of the molecule is CC1CC(C2=CCC2)CC(COc2cc(C(F)(F)F)c3nc[nH]c3c2)N1.CC1CCC1. The van der Waals surface area contributed by atoms with Gasteiger partial charge in [0.2, 0.25) is 0 Å². The maximum absolute atomic E-state index is 13.3. The Labute approximate surface area is 181 Å². The van der Waals surface area contributed by atoms with E-state index < -0.39 is 11.7 Å². The lowest BCUT2D eigenvalue weighted by molar-refractivity contribution is -0.136. The van der Waals surface area contributed by atoms with Crippen molar-refractivity contribution in [2.75, 3.05) is 6.61 Å². The first kappa shape index (κ1) is 22.2. The molecule has 0 bridgehead atoms. The maximum atomic E-state index is 13.3. The summed E-state index contributed by atoms with van der Waals surface area (Å²) in [6.45, 7) is 4.81. The maximum Gasteiger partial charge on any atom is 0.418 e. The molecule has 2 fully saturated rings. The van der Waals surface area contributed by atoms with Crippen molar-refractivity contribution in [1.29, 1.82) is 0 Å². The first-order chi connectivity index (χ1) is 14.8. The minimum Gasteiger partial charge on any atom is -0.492 e. The summed E-state index contributed by atoms with van der Waals surface area (Å²) < 4.78 is 45.6. The molecule has 5 rings (SSSR count). The van der Waals surface area contributed by atoms with Gasteiger partial charge in [0.25, 0.3) is 0 Å². The van der Waals surface area contributed by atoms with Gasteiger partial charge in [0.05, 0.1) is 17.4 Å². The number of benzene rings is 1. The summed E-state index contributed by atoms with van der Waals surface area (Å²) in [7, 11) is 0. The quantitative estimate of drug-likeness (QED) is 0.559. The van der Waals surface area contributed by atoms with Crippen LogP contribution in [0.2, 0.25) is 0 Å². The number of allylic oxidation sites excluding steroid dienone is 2. The summed E-state index contributed by atoms with van der Waals surface area (Å²) >= 11 is 0. The van der Waals surface area contributed by atoms with Crippen LogP contribution in [0.4, 0.5) is 13.2 Å². The lowest BCUT2D eigenvalue weighted by atomic mass is 9.77. The van der Waals surface area contributed by atoms with E-state index in [4.69, 9.17) is 4.74 Å². The Bertz CT molecular complexity index is 916. The zero-order valence-corrected chi connectivity index (χ0v) is 18.3. The molecule has 1 saturated carbocycles. The van der Waals surface area contributed by atoms with E-state index in [-0.39, 0.29) is 17.3 Å². The zero-order chi connectivity index (χ0) is 22.0. The second kappa shape index (κ2) is 9.23. The van der Waals surface area contributed by atoms with E-state index in [1.54, 1.807) is 6.07 Å². The monoisotopic (exact) mass is 435 g/mol. The topological polar surface area (TPSA) is 49.9 Å². The van der Waals surface area contributed by atoms with Gasteiger partial charge in [0.15, 0.2) is 0 Å². The number of nitrogens with zero attached hydrogens (tertiary/aromatic N) is 1. The molecule has 0 spiro atoms. The van der Waals surface area contributed by atoms with Crippen molar-refractivity contribution < 1.29 is 17.9 Å². The average Bonchev–Trinajstić information content (AvgIpc) is 3.10. The van der Waals surface area contributed by atoms with Crippen LogP contribution in [0, 0.1) is 11.8 Å². The minimum atomic E-state index is -4.47. The number of aromatic nitrogens is 2. The Hall–Kier alpha value is -2.02. The second-order valence-corrected chi connectivity index (χ2v) is 9.37. The molecule has 7 heteroatoms. The van der Waals surface area contributed by atoms with E-state index in [1.165, 1.54) is 44.0 Å². The van der Waals surface area contributed by atoms with Crippen LogP contribution in [-0.4, -0.2) is 28.7 Å². The van der Waals surface area contributed by atoms with Crippen LogP contribution in [0.5, 0.6) is 5.75 Å². The number of H-pyrrole nitrogens is 1. The average molecular weight is 436 g/mol. The van der Waals surface area contributed by atoms with Crippen molar-refractivity contribution in [3.63, 3.8) is 0 Å². The third kappa shape index (κ3) is 5.43. The van der Waals surface area contributed by atoms with Crippen LogP contribution in [0.15, 0.2) is 30.1 Å². The van der Waals surface area contributed by atoms with Gasteiger partial charge < -0.3 is 15.0 Å². The molecule has 3 unspecified atom stereocenters. The number of aromatic amines is 1. The molecular weight excluding hydrogens is 403 g/mol. The first-order valence-corrected chi connectivity index (χ1v) is 11.4. The highest BCUT2D eigenvalue weighted by atomic mass is 19.4. The number of rotatable bonds is 4. The third-order valence-electron chi connectivity index (χ3n) is 6.74. The van der Waals surface area contributed by atoms with Gasteiger partial charge in [-0.05, 0) is 50.5 Å². The van der Waals surface area contributed by atoms with Crippen LogP contribution >= 0.6 is 0 Å². The lowest BCUT2D eigenvalue weighted by Gasteiger charge is -2.37. The zero-order valence-electron chi connectivity index (χ0n) is 18.3. The molecule has 1 aliphatic heterocycles. The number of nitrogens with one attached hydrogen (secondary N) is 2. The van der Waals surface area contributed by atoms with E-state index in [2.05, 4.69) is 35.2 Å². The van der Waals surface area contributed by atoms with Crippen molar-refractivity contribution in [2.24, 2.45) is 11.8 Å². The Morgan fingerprint density at radius 1 is 1.16 bits per heavy atom. The Balaban J connectivity index is 0.000000407. The molecule has 0 amide bonds. The molecule has 1 aromatic carbocycles. The van der Waals surface area contributed by atoms with Gasteiger partial charge in [-0.1, -0.05) is 37.8 Å². The molecule has 4 nitrogen and oxygen atoms in total. The molecule has 3 aliphatic rings. The van der Waals surface area contributed by atoms with Gasteiger partial charge >= 0.3 is 6.18 Å². The predicted octanol–water partition coefficient (Wildman–Crippen LogP) is 6.24.